The fraction of sp³-hybridized carbons (Fsp3) is 0.500. The zero-order valence-electron chi connectivity index (χ0n) is 10.6. The molecule has 1 N–H and O–H groups in total. The molecule has 1 aliphatic heterocycles. The Kier molecular flexibility index (Phi) is 3.86. The Morgan fingerprint density at radius 1 is 1.53 bits per heavy atom. The molecular weight excluding hydrogens is 268 g/mol. The minimum atomic E-state index is -3.61. The molecule has 1 aromatic rings. The number of carboxylic acid groups (broad SMARTS) is 1. The average Bonchev–Trinajstić information content (AvgIpc) is 2.87. The van der Waals surface area contributed by atoms with E-state index in [2.05, 4.69) is 4.98 Å². The number of aromatic carboxylic acids is 1. The van der Waals surface area contributed by atoms with Gasteiger partial charge in [-0.15, -0.1) is 0 Å². The summed E-state index contributed by atoms with van der Waals surface area (Å²) < 4.78 is 26.3. The number of nitrogens with zero attached hydrogens (tertiary/aromatic N) is 2. The fourth-order valence-electron chi connectivity index (χ4n) is 2.31. The van der Waals surface area contributed by atoms with Crippen molar-refractivity contribution in [3.63, 3.8) is 0 Å². The standard InChI is InChI=1S/C12H16N2O4S/c1-2-10-4-3-7-14(10)19(17,18)11-6-5-9(8-13-11)12(15)16/h5-6,8,10H,2-4,7H2,1H3,(H,15,16). The average molecular weight is 284 g/mol. The van der Waals surface area contributed by atoms with Gasteiger partial charge in [-0.1, -0.05) is 6.92 Å². The zero-order chi connectivity index (χ0) is 14.0. The molecule has 104 valence electrons. The first-order chi connectivity index (χ1) is 8.96. The van der Waals surface area contributed by atoms with Gasteiger partial charge in [0.05, 0.1) is 5.56 Å². The van der Waals surface area contributed by atoms with Gasteiger partial charge in [0.1, 0.15) is 0 Å². The summed E-state index contributed by atoms with van der Waals surface area (Å²) in [5.41, 5.74) is -0.0209. The van der Waals surface area contributed by atoms with E-state index in [0.717, 1.165) is 25.5 Å². The molecule has 0 saturated carbocycles. The number of pyridine rings is 1. The Bertz CT molecular complexity index is 568. The van der Waals surface area contributed by atoms with Crippen molar-refractivity contribution in [3.05, 3.63) is 23.9 Å². The third-order valence-corrected chi connectivity index (χ3v) is 5.22. The number of rotatable bonds is 4. The highest BCUT2D eigenvalue weighted by Gasteiger charge is 2.34. The number of carboxylic acids is 1. The first kappa shape index (κ1) is 14.0. The number of aromatic nitrogens is 1. The molecule has 2 rings (SSSR count). The summed E-state index contributed by atoms with van der Waals surface area (Å²) >= 11 is 0. The fourth-order valence-corrected chi connectivity index (χ4v) is 4.00. The highest BCUT2D eigenvalue weighted by molar-refractivity contribution is 7.89. The van der Waals surface area contributed by atoms with Crippen LogP contribution in [0.2, 0.25) is 0 Å². The maximum absolute atomic E-state index is 12.4. The quantitative estimate of drug-likeness (QED) is 0.901. The molecule has 1 aromatic heterocycles. The van der Waals surface area contributed by atoms with Gasteiger partial charge in [0.15, 0.2) is 5.03 Å². The van der Waals surface area contributed by atoms with Crippen LogP contribution in [0, 0.1) is 0 Å². The van der Waals surface area contributed by atoms with E-state index in [-0.39, 0.29) is 16.6 Å². The van der Waals surface area contributed by atoms with Crippen LogP contribution in [0.15, 0.2) is 23.4 Å². The smallest absolute Gasteiger partial charge is 0.337 e. The van der Waals surface area contributed by atoms with E-state index in [1.807, 2.05) is 6.92 Å². The molecule has 0 aliphatic carbocycles. The third kappa shape index (κ3) is 2.62. The highest BCUT2D eigenvalue weighted by atomic mass is 32.2. The third-order valence-electron chi connectivity index (χ3n) is 3.35. The topological polar surface area (TPSA) is 87.6 Å². The Balaban J connectivity index is 2.31. The van der Waals surface area contributed by atoms with Crippen LogP contribution in [0.25, 0.3) is 0 Å². The molecule has 6 nitrogen and oxygen atoms in total. The van der Waals surface area contributed by atoms with Gasteiger partial charge in [-0.3, -0.25) is 0 Å². The first-order valence-corrected chi connectivity index (χ1v) is 7.62. The Hall–Kier alpha value is -1.47. The molecule has 1 saturated heterocycles. The molecule has 1 atom stereocenters. The van der Waals surface area contributed by atoms with Crippen LogP contribution in [0.1, 0.15) is 36.5 Å². The predicted octanol–water partition coefficient (Wildman–Crippen LogP) is 1.34. The second kappa shape index (κ2) is 5.26. The molecular formula is C12H16N2O4S. The van der Waals surface area contributed by atoms with Gasteiger partial charge in [-0.25, -0.2) is 18.2 Å². The van der Waals surface area contributed by atoms with E-state index in [0.29, 0.717) is 6.54 Å². The lowest BCUT2D eigenvalue weighted by atomic mass is 10.2. The van der Waals surface area contributed by atoms with Crippen LogP contribution >= 0.6 is 0 Å². The molecule has 0 bridgehead atoms. The number of hydrogen-bond acceptors (Lipinski definition) is 4. The van der Waals surface area contributed by atoms with Crippen molar-refractivity contribution in [2.24, 2.45) is 0 Å². The Labute approximate surface area is 112 Å². The van der Waals surface area contributed by atoms with Crippen molar-refractivity contribution >= 4 is 16.0 Å². The van der Waals surface area contributed by atoms with Crippen LogP contribution < -0.4 is 0 Å². The van der Waals surface area contributed by atoms with E-state index in [4.69, 9.17) is 5.11 Å². The van der Waals surface area contributed by atoms with Gasteiger partial charge in [0.2, 0.25) is 0 Å². The normalized spacial score (nSPS) is 20.6. The van der Waals surface area contributed by atoms with Crippen LogP contribution in [-0.2, 0) is 10.0 Å². The summed E-state index contributed by atoms with van der Waals surface area (Å²) in [4.78, 5) is 14.5. The van der Waals surface area contributed by atoms with E-state index in [1.165, 1.54) is 16.4 Å². The summed E-state index contributed by atoms with van der Waals surface area (Å²) in [6, 6.07) is 2.54. The minimum absolute atomic E-state index is 0.0194. The number of hydrogen-bond donors (Lipinski definition) is 1. The summed E-state index contributed by atoms with van der Waals surface area (Å²) in [6.07, 6.45) is 3.56. The van der Waals surface area contributed by atoms with E-state index in [1.54, 1.807) is 0 Å². The van der Waals surface area contributed by atoms with Crippen molar-refractivity contribution in [2.75, 3.05) is 6.54 Å². The minimum Gasteiger partial charge on any atom is -0.478 e. The van der Waals surface area contributed by atoms with Crippen molar-refractivity contribution in [3.8, 4) is 0 Å². The molecule has 0 spiro atoms. The van der Waals surface area contributed by atoms with Crippen LogP contribution in [0.4, 0.5) is 0 Å². The van der Waals surface area contributed by atoms with Crippen molar-refractivity contribution in [1.82, 2.24) is 9.29 Å². The highest BCUT2D eigenvalue weighted by Crippen LogP contribution is 2.26. The molecule has 1 aliphatic rings. The number of sulfonamides is 1. The summed E-state index contributed by atoms with van der Waals surface area (Å²) in [5.74, 6) is -1.12. The maximum Gasteiger partial charge on any atom is 0.337 e. The van der Waals surface area contributed by atoms with E-state index < -0.39 is 16.0 Å². The lowest BCUT2D eigenvalue weighted by Gasteiger charge is -2.22. The second-order valence-electron chi connectivity index (χ2n) is 4.51. The molecule has 0 aromatic carbocycles. The molecule has 19 heavy (non-hydrogen) atoms. The van der Waals surface area contributed by atoms with E-state index in [9.17, 15) is 13.2 Å². The van der Waals surface area contributed by atoms with Gasteiger partial charge >= 0.3 is 5.97 Å². The molecule has 0 amide bonds. The van der Waals surface area contributed by atoms with Gasteiger partial charge < -0.3 is 5.11 Å². The lowest BCUT2D eigenvalue weighted by molar-refractivity contribution is 0.0696. The molecule has 1 fully saturated rings. The summed E-state index contributed by atoms with van der Waals surface area (Å²) in [6.45, 7) is 2.46. The zero-order valence-corrected chi connectivity index (χ0v) is 11.4. The summed E-state index contributed by atoms with van der Waals surface area (Å²) in [7, 11) is -3.61. The number of carbonyl (C=O) groups is 1. The maximum atomic E-state index is 12.4. The van der Waals surface area contributed by atoms with Crippen LogP contribution in [0.3, 0.4) is 0 Å². The van der Waals surface area contributed by atoms with Crippen LogP contribution in [-0.4, -0.2) is 41.4 Å². The molecule has 7 heteroatoms. The lowest BCUT2D eigenvalue weighted by Crippen LogP contribution is -2.35. The Morgan fingerprint density at radius 3 is 2.79 bits per heavy atom. The van der Waals surface area contributed by atoms with Crippen LogP contribution in [0.5, 0.6) is 0 Å². The summed E-state index contributed by atoms with van der Waals surface area (Å²) in [5, 5.41) is 8.68. The van der Waals surface area contributed by atoms with Gasteiger partial charge in [-0.05, 0) is 31.4 Å². The van der Waals surface area contributed by atoms with Gasteiger partial charge in [-0.2, -0.15) is 4.31 Å². The largest absolute Gasteiger partial charge is 0.478 e. The Morgan fingerprint density at radius 2 is 2.26 bits per heavy atom. The SMILES string of the molecule is CCC1CCCN1S(=O)(=O)c1ccc(C(=O)O)cn1. The van der Waals surface area contributed by atoms with E-state index >= 15 is 0 Å². The first-order valence-electron chi connectivity index (χ1n) is 6.18. The molecule has 0 radical (unpaired) electrons. The second-order valence-corrected chi connectivity index (χ2v) is 6.35. The van der Waals surface area contributed by atoms with Crippen molar-refractivity contribution in [1.29, 1.82) is 0 Å². The van der Waals surface area contributed by atoms with Gasteiger partial charge in [0.25, 0.3) is 10.0 Å². The monoisotopic (exact) mass is 284 g/mol. The molecule has 2 heterocycles. The predicted molar refractivity (Wildman–Crippen MR) is 68.4 cm³/mol. The van der Waals surface area contributed by atoms with Crippen molar-refractivity contribution in [2.45, 2.75) is 37.3 Å². The van der Waals surface area contributed by atoms with Gasteiger partial charge in [0, 0.05) is 18.8 Å². The molecule has 1 unspecified atom stereocenters. The van der Waals surface area contributed by atoms with Crippen molar-refractivity contribution < 1.29 is 18.3 Å².